The normalized spacial score (nSPS) is 14.5. The number of methoxy groups -OCH3 is 2. The minimum absolute atomic E-state index is 0.148. The summed E-state index contributed by atoms with van der Waals surface area (Å²) in [6.45, 7) is 13.0. The van der Waals surface area contributed by atoms with Crippen molar-refractivity contribution < 1.29 is 33.4 Å². The Labute approximate surface area is 270 Å². The van der Waals surface area contributed by atoms with Gasteiger partial charge in [-0.1, -0.05) is 67.0 Å². The fourth-order valence-electron chi connectivity index (χ4n) is 5.46. The van der Waals surface area contributed by atoms with E-state index in [-0.39, 0.29) is 30.1 Å². The van der Waals surface area contributed by atoms with Crippen molar-refractivity contribution in [3.8, 4) is 5.75 Å². The van der Waals surface area contributed by atoms with E-state index in [0.717, 1.165) is 5.56 Å². The van der Waals surface area contributed by atoms with Crippen LogP contribution in [0.15, 0.2) is 24.3 Å². The third kappa shape index (κ3) is 10.5. The van der Waals surface area contributed by atoms with Crippen molar-refractivity contribution in [1.29, 1.82) is 0 Å². The highest BCUT2D eigenvalue weighted by atomic mass is 16.5. The van der Waals surface area contributed by atoms with E-state index in [9.17, 15) is 24.0 Å². The van der Waals surface area contributed by atoms with Crippen molar-refractivity contribution in [2.75, 3.05) is 35.4 Å². The van der Waals surface area contributed by atoms with Crippen molar-refractivity contribution in [2.24, 2.45) is 17.8 Å². The summed E-state index contributed by atoms with van der Waals surface area (Å²) in [6, 6.07) is 3.60. The number of nitrogens with zero attached hydrogens (tertiary/aromatic N) is 3. The van der Waals surface area contributed by atoms with Gasteiger partial charge in [-0.3, -0.25) is 19.2 Å². The molecular formula is C34H56N4O7. The number of hydrogen-bond donors (Lipinski definition) is 1. The zero-order valence-electron chi connectivity index (χ0n) is 29.4. The Morgan fingerprint density at radius 2 is 1.36 bits per heavy atom. The first-order chi connectivity index (χ1) is 21.1. The number of esters is 1. The Balaban J connectivity index is 3.52. The van der Waals surface area contributed by atoms with Crippen LogP contribution in [0.25, 0.3) is 0 Å². The quantitative estimate of drug-likeness (QED) is 0.261. The fraction of sp³-hybridized carbons (Fsp3) is 0.676. The molecule has 0 saturated carbocycles. The SMILES string of the molecule is CCCC(=O)N(C)[C@H](C(=O)N[C@H](C(=O)N(C)[C@@H](Cc1ccc(OC)cc1)C(=O)N(C)[C@H](C(=O)OC)[C@@H](C)CC)C(C)C)C(C)C. The highest BCUT2D eigenvalue weighted by Gasteiger charge is 2.40. The third-order valence-electron chi connectivity index (χ3n) is 8.48. The van der Waals surface area contributed by atoms with E-state index < -0.39 is 47.9 Å². The van der Waals surface area contributed by atoms with Crippen LogP contribution in [0.3, 0.4) is 0 Å². The summed E-state index contributed by atoms with van der Waals surface area (Å²) in [4.78, 5) is 71.7. The second kappa shape index (κ2) is 18.4. The third-order valence-corrected chi connectivity index (χ3v) is 8.48. The van der Waals surface area contributed by atoms with Gasteiger partial charge in [0, 0.05) is 34.0 Å². The molecule has 4 amide bonds. The highest BCUT2D eigenvalue weighted by molar-refractivity contribution is 5.95. The van der Waals surface area contributed by atoms with Gasteiger partial charge in [0.2, 0.25) is 23.6 Å². The van der Waals surface area contributed by atoms with Crippen LogP contribution in [0.4, 0.5) is 0 Å². The monoisotopic (exact) mass is 632 g/mol. The predicted octanol–water partition coefficient (Wildman–Crippen LogP) is 3.53. The van der Waals surface area contributed by atoms with Crippen molar-refractivity contribution in [3.05, 3.63) is 29.8 Å². The standard InChI is InChI=1S/C34H56N4O7/c1-13-15-27(39)37(9)29(22(5)6)31(40)35-28(21(3)4)33(42)36(8)26(20-24-16-18-25(44-11)19-17-24)32(41)38(10)30(23(7)14-2)34(43)45-12/h16-19,21-23,26,28-30H,13-15,20H2,1-12H3,(H,35,40)/t23-,26-,28-,29-,30-/m0/s1. The largest absolute Gasteiger partial charge is 0.497 e. The fourth-order valence-corrected chi connectivity index (χ4v) is 5.46. The summed E-state index contributed by atoms with van der Waals surface area (Å²) in [5.74, 6) is -2.09. The van der Waals surface area contributed by atoms with Crippen LogP contribution in [0.1, 0.15) is 73.3 Å². The first-order valence-electron chi connectivity index (χ1n) is 15.9. The van der Waals surface area contributed by atoms with E-state index in [2.05, 4.69) is 5.32 Å². The van der Waals surface area contributed by atoms with E-state index in [1.54, 1.807) is 33.3 Å². The lowest BCUT2D eigenvalue weighted by Gasteiger charge is -2.38. The molecule has 1 aromatic carbocycles. The number of amides is 4. The van der Waals surface area contributed by atoms with Crippen LogP contribution in [-0.2, 0) is 35.1 Å². The molecule has 254 valence electrons. The molecule has 0 unspecified atom stereocenters. The zero-order chi connectivity index (χ0) is 34.6. The molecule has 11 heteroatoms. The molecule has 0 radical (unpaired) electrons. The average molecular weight is 633 g/mol. The topological polar surface area (TPSA) is 126 Å². The van der Waals surface area contributed by atoms with Crippen molar-refractivity contribution in [2.45, 2.75) is 98.3 Å². The molecule has 1 rings (SSSR count). The lowest BCUT2D eigenvalue weighted by Crippen LogP contribution is -2.61. The highest BCUT2D eigenvalue weighted by Crippen LogP contribution is 2.22. The van der Waals surface area contributed by atoms with Gasteiger partial charge in [0.25, 0.3) is 0 Å². The minimum atomic E-state index is -1.00. The molecule has 1 N–H and O–H groups in total. The maximum absolute atomic E-state index is 14.2. The lowest BCUT2D eigenvalue weighted by atomic mass is 9.95. The maximum atomic E-state index is 14.2. The number of nitrogens with one attached hydrogen (secondary N) is 1. The van der Waals surface area contributed by atoms with Crippen LogP contribution in [-0.4, -0.2) is 104 Å². The molecule has 0 bridgehead atoms. The summed E-state index contributed by atoms with van der Waals surface area (Å²) in [5.41, 5.74) is 0.779. The van der Waals surface area contributed by atoms with Crippen LogP contribution in [0, 0.1) is 17.8 Å². The van der Waals surface area contributed by atoms with Crippen LogP contribution in [0.5, 0.6) is 5.75 Å². The van der Waals surface area contributed by atoms with E-state index in [1.807, 2.05) is 60.6 Å². The Hall–Kier alpha value is -3.63. The van der Waals surface area contributed by atoms with Crippen molar-refractivity contribution in [1.82, 2.24) is 20.0 Å². The van der Waals surface area contributed by atoms with Gasteiger partial charge in [0.1, 0.15) is 29.9 Å². The molecule has 5 atom stereocenters. The lowest BCUT2D eigenvalue weighted by molar-refractivity contribution is -0.157. The molecule has 1 aromatic rings. The molecule has 0 aliphatic heterocycles. The van der Waals surface area contributed by atoms with Gasteiger partial charge in [-0.05, 0) is 41.9 Å². The van der Waals surface area contributed by atoms with Gasteiger partial charge in [0.05, 0.1) is 14.2 Å². The number of rotatable bonds is 17. The molecule has 0 spiro atoms. The minimum Gasteiger partial charge on any atom is -0.497 e. The summed E-state index contributed by atoms with van der Waals surface area (Å²) in [5, 5.41) is 2.90. The van der Waals surface area contributed by atoms with Gasteiger partial charge in [-0.15, -0.1) is 0 Å². The number of hydrogen-bond acceptors (Lipinski definition) is 7. The van der Waals surface area contributed by atoms with Crippen molar-refractivity contribution >= 4 is 29.6 Å². The number of likely N-dealkylation sites (N-methyl/N-ethyl adjacent to an activating group) is 3. The number of benzene rings is 1. The van der Waals surface area contributed by atoms with Gasteiger partial charge >= 0.3 is 5.97 Å². The Morgan fingerprint density at radius 1 is 0.778 bits per heavy atom. The second-order valence-corrected chi connectivity index (χ2v) is 12.5. The maximum Gasteiger partial charge on any atom is 0.328 e. The first-order valence-corrected chi connectivity index (χ1v) is 15.9. The van der Waals surface area contributed by atoms with E-state index in [1.165, 1.54) is 28.9 Å². The average Bonchev–Trinajstić information content (AvgIpc) is 3.01. The zero-order valence-corrected chi connectivity index (χ0v) is 29.4. The molecular weight excluding hydrogens is 576 g/mol. The van der Waals surface area contributed by atoms with Gasteiger partial charge in [0.15, 0.2) is 0 Å². The molecule has 0 heterocycles. The number of carbonyl (C=O) groups excluding carboxylic acids is 5. The van der Waals surface area contributed by atoms with Gasteiger partial charge < -0.3 is 29.5 Å². The van der Waals surface area contributed by atoms with E-state index >= 15 is 0 Å². The van der Waals surface area contributed by atoms with Gasteiger partial charge in [-0.25, -0.2) is 4.79 Å². The number of carbonyl (C=O) groups is 5. The second-order valence-electron chi connectivity index (χ2n) is 12.5. The van der Waals surface area contributed by atoms with E-state index in [4.69, 9.17) is 9.47 Å². The summed E-state index contributed by atoms with van der Waals surface area (Å²) >= 11 is 0. The van der Waals surface area contributed by atoms with E-state index in [0.29, 0.717) is 25.0 Å². The molecule has 0 saturated heterocycles. The Morgan fingerprint density at radius 3 is 1.80 bits per heavy atom. The van der Waals surface area contributed by atoms with Crippen LogP contribution >= 0.6 is 0 Å². The summed E-state index contributed by atoms with van der Waals surface area (Å²) in [7, 11) is 7.54. The molecule has 0 fully saturated rings. The summed E-state index contributed by atoms with van der Waals surface area (Å²) < 4.78 is 10.3. The Bertz CT molecular complexity index is 1140. The molecule has 0 aliphatic rings. The smallest absolute Gasteiger partial charge is 0.328 e. The van der Waals surface area contributed by atoms with Crippen molar-refractivity contribution in [3.63, 3.8) is 0 Å². The van der Waals surface area contributed by atoms with Gasteiger partial charge in [-0.2, -0.15) is 0 Å². The van der Waals surface area contributed by atoms with Crippen LogP contribution < -0.4 is 10.1 Å². The molecule has 11 nitrogen and oxygen atoms in total. The number of ether oxygens (including phenoxy) is 2. The van der Waals surface area contributed by atoms with Crippen LogP contribution in [0.2, 0.25) is 0 Å². The molecule has 0 aliphatic carbocycles. The first kappa shape index (κ1) is 39.4. The summed E-state index contributed by atoms with van der Waals surface area (Å²) in [6.07, 6.45) is 1.75. The molecule has 0 aromatic heterocycles. The predicted molar refractivity (Wildman–Crippen MR) is 174 cm³/mol. The Kier molecular flexibility index (Phi) is 16.1. The molecule has 45 heavy (non-hydrogen) atoms.